The van der Waals surface area contributed by atoms with Crippen molar-refractivity contribution in [2.24, 2.45) is 5.92 Å². The molecule has 15 heavy (non-hydrogen) atoms. The van der Waals surface area contributed by atoms with Gasteiger partial charge in [-0.25, -0.2) is 0 Å². The second-order valence-electron chi connectivity index (χ2n) is 4.07. The first-order valence-corrected chi connectivity index (χ1v) is 5.65. The van der Waals surface area contributed by atoms with Gasteiger partial charge in [0.05, 0.1) is 6.61 Å². The van der Waals surface area contributed by atoms with E-state index in [-0.39, 0.29) is 11.7 Å². The van der Waals surface area contributed by atoms with Gasteiger partial charge in [-0.2, -0.15) is 0 Å². The summed E-state index contributed by atoms with van der Waals surface area (Å²) in [4.78, 5) is 11.9. The molecule has 0 radical (unpaired) electrons. The van der Waals surface area contributed by atoms with Gasteiger partial charge in [-0.1, -0.05) is 39.8 Å². The lowest BCUT2D eigenvalue weighted by molar-refractivity contribution is -0.119. The number of carbonyl (C=O) groups excluding carboxylic acids is 1. The van der Waals surface area contributed by atoms with Crippen molar-refractivity contribution in [3.05, 3.63) is 23.3 Å². The van der Waals surface area contributed by atoms with Crippen LogP contribution in [0.3, 0.4) is 0 Å². The van der Waals surface area contributed by atoms with Gasteiger partial charge in [0.2, 0.25) is 0 Å². The largest absolute Gasteiger partial charge is 0.356 e. The molecule has 0 N–H and O–H groups in total. The number of hydrogen-bond donors (Lipinski definition) is 0. The van der Waals surface area contributed by atoms with Crippen LogP contribution in [0.1, 0.15) is 34.6 Å². The Morgan fingerprint density at radius 3 is 2.27 bits per heavy atom. The van der Waals surface area contributed by atoms with Crippen molar-refractivity contribution in [2.75, 3.05) is 6.61 Å². The van der Waals surface area contributed by atoms with Crippen LogP contribution in [-0.4, -0.2) is 18.0 Å². The van der Waals surface area contributed by atoms with Gasteiger partial charge < -0.3 is 4.74 Å². The smallest absolute Gasteiger partial charge is 0.197 e. The van der Waals surface area contributed by atoms with Crippen LogP contribution < -0.4 is 0 Å². The average Bonchev–Trinajstić information content (AvgIpc) is 2.99. The molecule has 2 nitrogen and oxygen atoms in total. The van der Waals surface area contributed by atoms with E-state index in [0.717, 1.165) is 11.1 Å². The molecule has 0 aromatic carbocycles. The maximum absolute atomic E-state index is 11.9. The number of Topliss-reactive ketones (excluding diaryl/α,β-unsaturated/α-hetero) is 1. The minimum atomic E-state index is -0.547. The van der Waals surface area contributed by atoms with E-state index < -0.39 is 5.60 Å². The summed E-state index contributed by atoms with van der Waals surface area (Å²) in [6.45, 7) is 10.6. The molecule has 1 aliphatic carbocycles. The Kier molecular flexibility index (Phi) is 3.50. The van der Waals surface area contributed by atoms with Crippen LogP contribution in [-0.2, 0) is 9.53 Å². The van der Waals surface area contributed by atoms with Gasteiger partial charge in [0.1, 0.15) is 0 Å². The standard InChI is InChI=1S/C11H14O2.C2H6/c1-7(2)9-5-4-8(3)11(6-13-11)10(9)12;1-2/h4-5,7H,6H2,1-3H3;1-2H3. The van der Waals surface area contributed by atoms with E-state index in [2.05, 4.69) is 0 Å². The molecule has 2 heteroatoms. The summed E-state index contributed by atoms with van der Waals surface area (Å²) in [6.07, 6.45) is 3.93. The summed E-state index contributed by atoms with van der Waals surface area (Å²) in [5.74, 6) is 0.459. The Hall–Kier alpha value is -0.890. The highest BCUT2D eigenvalue weighted by Crippen LogP contribution is 2.41. The highest BCUT2D eigenvalue weighted by atomic mass is 16.6. The van der Waals surface area contributed by atoms with E-state index in [1.54, 1.807) is 0 Å². The first-order valence-electron chi connectivity index (χ1n) is 5.65. The van der Waals surface area contributed by atoms with Gasteiger partial charge in [-0.3, -0.25) is 4.79 Å². The summed E-state index contributed by atoms with van der Waals surface area (Å²) in [6, 6.07) is 0. The highest BCUT2D eigenvalue weighted by Gasteiger charge is 2.55. The molecule has 1 saturated heterocycles. The maximum atomic E-state index is 11.9. The fourth-order valence-corrected chi connectivity index (χ4v) is 1.72. The van der Waals surface area contributed by atoms with Gasteiger partial charge in [-0.15, -0.1) is 0 Å². The Morgan fingerprint density at radius 2 is 1.87 bits per heavy atom. The predicted molar refractivity (Wildman–Crippen MR) is 61.7 cm³/mol. The lowest BCUT2D eigenvalue weighted by Gasteiger charge is -2.20. The zero-order valence-electron chi connectivity index (χ0n) is 10.3. The molecule has 84 valence electrons. The molecule has 0 bridgehead atoms. The molecule has 1 spiro atoms. The number of ketones is 1. The summed E-state index contributed by atoms with van der Waals surface area (Å²) in [5, 5.41) is 0. The third-order valence-electron chi connectivity index (χ3n) is 2.83. The van der Waals surface area contributed by atoms with Crippen LogP contribution >= 0.6 is 0 Å². The van der Waals surface area contributed by atoms with Crippen molar-refractivity contribution in [1.29, 1.82) is 0 Å². The Labute approximate surface area is 92.0 Å². The van der Waals surface area contributed by atoms with Gasteiger partial charge in [0.15, 0.2) is 11.4 Å². The first-order chi connectivity index (χ1) is 7.08. The molecular formula is C13H20O2. The van der Waals surface area contributed by atoms with Crippen LogP contribution in [0.2, 0.25) is 0 Å². The minimum absolute atomic E-state index is 0.169. The number of carbonyl (C=O) groups is 1. The Balaban J connectivity index is 0.000000531. The summed E-state index contributed by atoms with van der Waals surface area (Å²) in [5.41, 5.74) is 1.39. The average molecular weight is 208 g/mol. The Bertz CT molecular complexity index is 317. The van der Waals surface area contributed by atoms with Crippen LogP contribution in [0, 0.1) is 5.92 Å². The maximum Gasteiger partial charge on any atom is 0.197 e. The molecule has 0 amide bonds. The Morgan fingerprint density at radius 1 is 1.33 bits per heavy atom. The molecular weight excluding hydrogens is 188 g/mol. The molecule has 0 aromatic rings. The summed E-state index contributed by atoms with van der Waals surface area (Å²) in [7, 11) is 0. The number of ether oxygens (including phenoxy) is 1. The molecule has 0 saturated carbocycles. The van der Waals surface area contributed by atoms with Crippen LogP contribution in [0.25, 0.3) is 0 Å². The van der Waals surface area contributed by atoms with Crippen molar-refractivity contribution in [2.45, 2.75) is 40.2 Å². The third-order valence-corrected chi connectivity index (χ3v) is 2.83. The number of rotatable bonds is 1. The first kappa shape index (κ1) is 12.2. The SMILES string of the molecule is CC.CC1=CC=C(C(C)C)C(=O)C12CO2. The zero-order valence-corrected chi connectivity index (χ0v) is 10.3. The topological polar surface area (TPSA) is 29.6 Å². The zero-order chi connectivity index (χ0) is 11.6. The monoisotopic (exact) mass is 208 g/mol. The molecule has 0 aromatic heterocycles. The number of hydrogen-bond acceptors (Lipinski definition) is 2. The molecule has 1 fully saturated rings. The van der Waals surface area contributed by atoms with Gasteiger partial charge in [0.25, 0.3) is 0 Å². The van der Waals surface area contributed by atoms with Crippen molar-refractivity contribution < 1.29 is 9.53 Å². The van der Waals surface area contributed by atoms with Gasteiger partial charge in [0, 0.05) is 5.57 Å². The number of allylic oxidation sites excluding steroid dienone is 2. The van der Waals surface area contributed by atoms with Crippen molar-refractivity contribution in [3.8, 4) is 0 Å². The molecule has 2 aliphatic rings. The van der Waals surface area contributed by atoms with Crippen molar-refractivity contribution >= 4 is 5.78 Å². The molecule has 1 heterocycles. The van der Waals surface area contributed by atoms with Gasteiger partial charge in [-0.05, 0) is 18.4 Å². The fraction of sp³-hybridized carbons (Fsp3) is 0.615. The summed E-state index contributed by atoms with van der Waals surface area (Å²) < 4.78 is 5.28. The van der Waals surface area contributed by atoms with E-state index in [1.165, 1.54) is 0 Å². The van der Waals surface area contributed by atoms with E-state index in [0.29, 0.717) is 6.61 Å². The predicted octanol–water partition coefficient (Wildman–Crippen LogP) is 2.89. The molecule has 1 unspecified atom stereocenters. The lowest BCUT2D eigenvalue weighted by atomic mass is 9.82. The van der Waals surface area contributed by atoms with Gasteiger partial charge >= 0.3 is 0 Å². The fourth-order valence-electron chi connectivity index (χ4n) is 1.72. The quantitative estimate of drug-likeness (QED) is 0.620. The summed E-state index contributed by atoms with van der Waals surface area (Å²) >= 11 is 0. The van der Waals surface area contributed by atoms with Crippen molar-refractivity contribution in [1.82, 2.24) is 0 Å². The minimum Gasteiger partial charge on any atom is -0.356 e. The second-order valence-corrected chi connectivity index (χ2v) is 4.07. The van der Waals surface area contributed by atoms with E-state index in [1.807, 2.05) is 46.8 Å². The van der Waals surface area contributed by atoms with E-state index in [9.17, 15) is 4.79 Å². The second kappa shape index (κ2) is 4.31. The van der Waals surface area contributed by atoms with E-state index >= 15 is 0 Å². The molecule has 1 atom stereocenters. The van der Waals surface area contributed by atoms with Crippen LogP contribution in [0.5, 0.6) is 0 Å². The highest BCUT2D eigenvalue weighted by molar-refractivity contribution is 6.07. The van der Waals surface area contributed by atoms with Crippen LogP contribution in [0.4, 0.5) is 0 Å². The third kappa shape index (κ3) is 1.91. The molecule has 2 rings (SSSR count). The normalized spacial score (nSPS) is 28.3. The molecule has 1 aliphatic heterocycles. The lowest BCUT2D eigenvalue weighted by Crippen LogP contribution is -2.31. The number of epoxide rings is 1. The van der Waals surface area contributed by atoms with Crippen LogP contribution in [0.15, 0.2) is 23.3 Å². The van der Waals surface area contributed by atoms with Crippen molar-refractivity contribution in [3.63, 3.8) is 0 Å². The van der Waals surface area contributed by atoms with E-state index in [4.69, 9.17) is 4.74 Å².